The molecule has 0 saturated heterocycles. The van der Waals surface area contributed by atoms with Gasteiger partial charge in [0.1, 0.15) is 11.5 Å². The Kier molecular flexibility index (Phi) is 6.32. The van der Waals surface area contributed by atoms with Crippen LogP contribution in [-0.2, 0) is 23.1 Å². The monoisotopic (exact) mass is 403 g/mol. The Balaban J connectivity index is 1.56. The number of benzene rings is 2. The normalized spacial score (nSPS) is 11.8. The number of rotatable bonds is 7. The van der Waals surface area contributed by atoms with Crippen LogP contribution >= 0.6 is 11.6 Å². The fraction of sp³-hybridized carbons (Fsp3) is 0.150. The van der Waals surface area contributed by atoms with Crippen LogP contribution in [0.25, 0.3) is 0 Å². The minimum Gasteiger partial charge on any atom is -0.497 e. The Bertz CT molecular complexity index is 935. The van der Waals surface area contributed by atoms with Gasteiger partial charge in [0.05, 0.1) is 23.7 Å². The maximum atomic E-state index is 12.4. The molecular formula is C20H18ClNO4S. The average Bonchev–Trinajstić information content (AvgIpc) is 3.15. The molecule has 27 heavy (non-hydrogen) atoms. The predicted molar refractivity (Wildman–Crippen MR) is 104 cm³/mol. The van der Waals surface area contributed by atoms with Crippen LogP contribution in [0.15, 0.2) is 70.0 Å². The van der Waals surface area contributed by atoms with Crippen molar-refractivity contribution in [3.05, 3.63) is 82.8 Å². The molecule has 1 atom stereocenters. The molecule has 140 valence electrons. The van der Waals surface area contributed by atoms with Crippen LogP contribution in [0.4, 0.5) is 0 Å². The summed E-state index contributed by atoms with van der Waals surface area (Å²) in [5.74, 6) is 1.29. The highest BCUT2D eigenvalue weighted by molar-refractivity contribution is 7.84. The van der Waals surface area contributed by atoms with Gasteiger partial charge < -0.3 is 14.5 Å². The molecule has 0 bridgehead atoms. The maximum Gasteiger partial charge on any atom is 0.287 e. The predicted octanol–water partition coefficient (Wildman–Crippen LogP) is 4.18. The van der Waals surface area contributed by atoms with Crippen molar-refractivity contribution in [3.63, 3.8) is 0 Å². The van der Waals surface area contributed by atoms with Crippen molar-refractivity contribution < 1.29 is 18.2 Å². The third-order valence-corrected chi connectivity index (χ3v) is 5.44. The maximum absolute atomic E-state index is 12.4. The lowest BCUT2D eigenvalue weighted by Crippen LogP contribution is -2.22. The van der Waals surface area contributed by atoms with E-state index in [0.717, 1.165) is 11.3 Å². The summed E-state index contributed by atoms with van der Waals surface area (Å²) in [6, 6.07) is 17.5. The summed E-state index contributed by atoms with van der Waals surface area (Å²) in [6.45, 7) is 0.371. The summed E-state index contributed by atoms with van der Waals surface area (Å²) in [5, 5.41) is 3.38. The summed E-state index contributed by atoms with van der Waals surface area (Å²) in [7, 11) is 0.327. The molecule has 5 nitrogen and oxygen atoms in total. The molecule has 2 aromatic carbocycles. The van der Waals surface area contributed by atoms with Gasteiger partial charge in [-0.3, -0.25) is 9.00 Å². The summed E-state index contributed by atoms with van der Waals surface area (Å²) < 4.78 is 23.0. The molecule has 1 N–H and O–H groups in total. The summed E-state index contributed by atoms with van der Waals surface area (Å²) in [5.41, 5.74) is 0.944. The molecule has 0 aliphatic rings. The first-order chi connectivity index (χ1) is 13.0. The Morgan fingerprint density at radius 2 is 1.78 bits per heavy atom. The summed E-state index contributed by atoms with van der Waals surface area (Å²) in [6.07, 6.45) is 0. The van der Waals surface area contributed by atoms with E-state index in [9.17, 15) is 9.00 Å². The number of hydrogen-bond donors (Lipinski definition) is 1. The zero-order chi connectivity index (χ0) is 19.2. The van der Waals surface area contributed by atoms with Crippen LogP contribution in [0.3, 0.4) is 0 Å². The molecule has 1 heterocycles. The van der Waals surface area contributed by atoms with Crippen LogP contribution in [0.1, 0.15) is 21.9 Å². The van der Waals surface area contributed by atoms with E-state index in [1.165, 1.54) is 0 Å². The number of furan rings is 1. The number of ether oxygens (including phenoxy) is 1. The van der Waals surface area contributed by atoms with Crippen LogP contribution in [0.5, 0.6) is 5.75 Å². The topological polar surface area (TPSA) is 68.5 Å². The van der Waals surface area contributed by atoms with Gasteiger partial charge in [-0.2, -0.15) is 0 Å². The minimum absolute atomic E-state index is 0.187. The second-order valence-electron chi connectivity index (χ2n) is 5.74. The van der Waals surface area contributed by atoms with Crippen molar-refractivity contribution in [2.45, 2.75) is 17.2 Å². The highest BCUT2D eigenvalue weighted by Crippen LogP contribution is 2.17. The molecule has 0 aliphatic heterocycles. The van der Waals surface area contributed by atoms with Crippen molar-refractivity contribution in [2.75, 3.05) is 7.11 Å². The highest BCUT2D eigenvalue weighted by Gasteiger charge is 2.13. The van der Waals surface area contributed by atoms with Gasteiger partial charge in [-0.25, -0.2) is 0 Å². The van der Waals surface area contributed by atoms with Crippen LogP contribution in [0.2, 0.25) is 5.02 Å². The molecule has 3 rings (SSSR count). The van der Waals surface area contributed by atoms with Crippen molar-refractivity contribution in [1.29, 1.82) is 0 Å². The Morgan fingerprint density at radius 3 is 2.44 bits per heavy atom. The minimum atomic E-state index is -1.28. The van der Waals surface area contributed by atoms with Crippen molar-refractivity contribution >= 4 is 28.3 Å². The molecule has 1 aromatic heterocycles. The number of halogens is 1. The molecule has 1 unspecified atom stereocenters. The van der Waals surface area contributed by atoms with Crippen LogP contribution < -0.4 is 10.1 Å². The zero-order valence-corrected chi connectivity index (χ0v) is 16.2. The molecule has 7 heteroatoms. The zero-order valence-electron chi connectivity index (χ0n) is 14.6. The second-order valence-corrected chi connectivity index (χ2v) is 7.63. The quantitative estimate of drug-likeness (QED) is 0.642. The number of amides is 1. The van der Waals surface area contributed by atoms with Gasteiger partial charge in [-0.05, 0) is 54.1 Å². The van der Waals surface area contributed by atoms with Gasteiger partial charge in [0.25, 0.3) is 5.91 Å². The SMILES string of the molecule is COc1ccc(CNC(=O)c2ccc(CS(=O)c3ccc(Cl)cc3)o2)cc1. The fourth-order valence-corrected chi connectivity index (χ4v) is 3.54. The standard InChI is InChI=1S/C20H18ClNO4S/c1-25-16-6-2-14(3-7-16)12-22-20(23)19-11-8-17(26-19)13-27(24)18-9-4-15(21)5-10-18/h2-11H,12-13H2,1H3,(H,22,23). The lowest BCUT2D eigenvalue weighted by Gasteiger charge is -2.05. The van der Waals surface area contributed by atoms with E-state index in [2.05, 4.69) is 5.32 Å². The van der Waals surface area contributed by atoms with Gasteiger partial charge in [-0.1, -0.05) is 23.7 Å². The molecule has 0 fully saturated rings. The van der Waals surface area contributed by atoms with Gasteiger partial charge in [0, 0.05) is 16.5 Å². The van der Waals surface area contributed by atoms with E-state index in [4.69, 9.17) is 20.8 Å². The molecule has 1 amide bonds. The number of hydrogen-bond acceptors (Lipinski definition) is 4. The van der Waals surface area contributed by atoms with E-state index < -0.39 is 10.8 Å². The Morgan fingerprint density at radius 1 is 1.07 bits per heavy atom. The number of carbonyl (C=O) groups excluding carboxylic acids is 1. The fourth-order valence-electron chi connectivity index (χ4n) is 2.39. The molecule has 0 radical (unpaired) electrons. The first-order valence-corrected chi connectivity index (χ1v) is 9.88. The lowest BCUT2D eigenvalue weighted by atomic mass is 10.2. The Hall–Kier alpha value is -2.57. The third-order valence-electron chi connectivity index (χ3n) is 3.85. The van der Waals surface area contributed by atoms with E-state index in [1.54, 1.807) is 43.5 Å². The third kappa shape index (κ3) is 5.21. The van der Waals surface area contributed by atoms with Gasteiger partial charge in [-0.15, -0.1) is 0 Å². The number of nitrogens with one attached hydrogen (secondary N) is 1. The molecule has 3 aromatic rings. The lowest BCUT2D eigenvalue weighted by molar-refractivity contribution is 0.0921. The van der Waals surface area contributed by atoms with Crippen molar-refractivity contribution in [1.82, 2.24) is 5.32 Å². The molecule has 0 aliphatic carbocycles. The molecule has 0 spiro atoms. The van der Waals surface area contributed by atoms with E-state index >= 15 is 0 Å². The summed E-state index contributed by atoms with van der Waals surface area (Å²) >= 11 is 5.84. The number of methoxy groups -OCH3 is 1. The van der Waals surface area contributed by atoms with Crippen molar-refractivity contribution in [3.8, 4) is 5.75 Å². The van der Waals surface area contributed by atoms with E-state index in [-0.39, 0.29) is 17.4 Å². The smallest absolute Gasteiger partial charge is 0.287 e. The first kappa shape index (κ1) is 19.2. The largest absolute Gasteiger partial charge is 0.497 e. The Labute approximate surface area is 164 Å². The second kappa shape index (κ2) is 8.88. The van der Waals surface area contributed by atoms with Crippen LogP contribution in [0, 0.1) is 0 Å². The van der Waals surface area contributed by atoms with E-state index in [1.807, 2.05) is 24.3 Å². The average molecular weight is 404 g/mol. The van der Waals surface area contributed by atoms with Gasteiger partial charge >= 0.3 is 0 Å². The van der Waals surface area contributed by atoms with E-state index in [0.29, 0.717) is 22.2 Å². The molecule has 0 saturated carbocycles. The van der Waals surface area contributed by atoms with Crippen LogP contribution in [-0.4, -0.2) is 17.2 Å². The van der Waals surface area contributed by atoms with Gasteiger partial charge in [0.15, 0.2) is 5.76 Å². The molecular weight excluding hydrogens is 386 g/mol. The number of carbonyl (C=O) groups is 1. The van der Waals surface area contributed by atoms with Gasteiger partial charge in [0.2, 0.25) is 0 Å². The highest BCUT2D eigenvalue weighted by atomic mass is 35.5. The first-order valence-electron chi connectivity index (χ1n) is 8.19. The van der Waals surface area contributed by atoms with Crippen molar-refractivity contribution in [2.24, 2.45) is 0 Å². The summed E-state index contributed by atoms with van der Waals surface area (Å²) in [4.78, 5) is 12.9.